The zero-order valence-electron chi connectivity index (χ0n) is 9.45. The van der Waals surface area contributed by atoms with Gasteiger partial charge in [-0.15, -0.1) is 0 Å². The van der Waals surface area contributed by atoms with E-state index in [4.69, 9.17) is 4.74 Å². The van der Waals surface area contributed by atoms with E-state index in [1.807, 2.05) is 25.2 Å². The molecule has 1 fully saturated rings. The van der Waals surface area contributed by atoms with Crippen LogP contribution in [0.2, 0.25) is 0 Å². The number of carbonyl (C=O) groups excluding carboxylic acids is 1. The maximum Gasteiger partial charge on any atom is 0.255 e. The number of nitrogens with zero attached hydrogens (tertiary/aromatic N) is 1. The van der Waals surface area contributed by atoms with Crippen LogP contribution in [0.1, 0.15) is 16.8 Å². The number of likely N-dealkylation sites (N-methyl/N-ethyl adjacent to an activating group) is 1. The highest BCUT2D eigenvalue weighted by Crippen LogP contribution is 2.24. The summed E-state index contributed by atoms with van der Waals surface area (Å²) in [4.78, 5) is 14.1. The quantitative estimate of drug-likeness (QED) is 0.809. The fraction of sp³-hybridized carbons (Fsp3) is 0.417. The number of hydrogen-bond acceptors (Lipinski definition) is 2. The van der Waals surface area contributed by atoms with Gasteiger partial charge in [-0.1, -0.05) is 15.9 Å². The summed E-state index contributed by atoms with van der Waals surface area (Å²) in [6.45, 7) is 1.37. The van der Waals surface area contributed by atoms with Crippen molar-refractivity contribution in [3.05, 3.63) is 32.7 Å². The molecule has 3 nitrogen and oxygen atoms in total. The SMILES string of the molecule is CN(C(=O)c1cc(Br)ccc1Br)C1CCOC1. The van der Waals surface area contributed by atoms with Gasteiger partial charge in [0.25, 0.3) is 5.91 Å². The first-order valence-corrected chi connectivity index (χ1v) is 6.98. The Hall–Kier alpha value is -0.390. The molecule has 0 saturated carbocycles. The van der Waals surface area contributed by atoms with Crippen molar-refractivity contribution in [3.8, 4) is 0 Å². The maximum absolute atomic E-state index is 12.3. The largest absolute Gasteiger partial charge is 0.379 e. The highest BCUT2D eigenvalue weighted by molar-refractivity contribution is 9.11. The van der Waals surface area contributed by atoms with Gasteiger partial charge in [0.15, 0.2) is 0 Å². The Morgan fingerprint density at radius 3 is 2.88 bits per heavy atom. The van der Waals surface area contributed by atoms with E-state index in [0.29, 0.717) is 12.2 Å². The first-order chi connectivity index (χ1) is 8.09. The molecule has 92 valence electrons. The summed E-state index contributed by atoms with van der Waals surface area (Å²) in [7, 11) is 1.83. The molecule has 0 N–H and O–H groups in total. The highest BCUT2D eigenvalue weighted by Gasteiger charge is 2.25. The number of carbonyl (C=O) groups is 1. The van der Waals surface area contributed by atoms with Crippen LogP contribution < -0.4 is 0 Å². The van der Waals surface area contributed by atoms with Crippen LogP contribution in [0.15, 0.2) is 27.1 Å². The second-order valence-electron chi connectivity index (χ2n) is 4.06. The molecule has 1 atom stereocenters. The summed E-state index contributed by atoms with van der Waals surface area (Å²) in [6, 6.07) is 5.79. The maximum atomic E-state index is 12.3. The second kappa shape index (κ2) is 5.50. The standard InChI is InChI=1S/C12H13Br2NO2/c1-15(9-4-5-17-7-9)12(16)10-6-8(13)2-3-11(10)14/h2-3,6,9H,4-5,7H2,1H3. The van der Waals surface area contributed by atoms with Gasteiger partial charge in [0.05, 0.1) is 18.2 Å². The number of amides is 1. The van der Waals surface area contributed by atoms with E-state index >= 15 is 0 Å². The molecule has 17 heavy (non-hydrogen) atoms. The normalized spacial score (nSPS) is 19.4. The zero-order chi connectivity index (χ0) is 12.4. The summed E-state index contributed by atoms with van der Waals surface area (Å²) >= 11 is 6.79. The van der Waals surface area contributed by atoms with E-state index in [2.05, 4.69) is 31.9 Å². The van der Waals surface area contributed by atoms with Crippen LogP contribution >= 0.6 is 31.9 Å². The van der Waals surface area contributed by atoms with E-state index in [0.717, 1.165) is 22.0 Å². The second-order valence-corrected chi connectivity index (χ2v) is 5.83. The molecule has 1 aromatic rings. The first-order valence-electron chi connectivity index (χ1n) is 5.39. The van der Waals surface area contributed by atoms with E-state index in [-0.39, 0.29) is 11.9 Å². The molecule has 1 amide bonds. The van der Waals surface area contributed by atoms with Gasteiger partial charge in [-0.25, -0.2) is 0 Å². The Labute approximate surface area is 117 Å². The number of benzene rings is 1. The Kier molecular flexibility index (Phi) is 4.22. The first kappa shape index (κ1) is 13.1. The molecule has 0 aliphatic carbocycles. The minimum Gasteiger partial charge on any atom is -0.379 e. The van der Waals surface area contributed by atoms with Crippen LogP contribution in [-0.2, 0) is 4.74 Å². The van der Waals surface area contributed by atoms with Gasteiger partial charge in [-0.05, 0) is 40.5 Å². The van der Waals surface area contributed by atoms with Crippen LogP contribution in [0.4, 0.5) is 0 Å². The summed E-state index contributed by atoms with van der Waals surface area (Å²) in [5.41, 5.74) is 0.675. The topological polar surface area (TPSA) is 29.5 Å². The summed E-state index contributed by atoms with van der Waals surface area (Å²) < 4.78 is 7.02. The lowest BCUT2D eigenvalue weighted by Gasteiger charge is -2.23. The smallest absolute Gasteiger partial charge is 0.255 e. The van der Waals surface area contributed by atoms with Gasteiger partial charge in [0, 0.05) is 22.6 Å². The van der Waals surface area contributed by atoms with Crippen LogP contribution in [0, 0.1) is 0 Å². The summed E-state index contributed by atoms with van der Waals surface area (Å²) in [5, 5.41) is 0. The van der Waals surface area contributed by atoms with Gasteiger partial charge in [-0.2, -0.15) is 0 Å². The molecule has 1 aliphatic heterocycles. The van der Waals surface area contributed by atoms with Crippen molar-refractivity contribution in [3.63, 3.8) is 0 Å². The molecule has 5 heteroatoms. The molecule has 0 spiro atoms. The van der Waals surface area contributed by atoms with Crippen LogP contribution in [-0.4, -0.2) is 37.1 Å². The van der Waals surface area contributed by atoms with Gasteiger partial charge < -0.3 is 9.64 Å². The lowest BCUT2D eigenvalue weighted by atomic mass is 10.1. The van der Waals surface area contributed by atoms with Gasteiger partial charge in [0.2, 0.25) is 0 Å². The Morgan fingerprint density at radius 1 is 1.47 bits per heavy atom. The number of halogens is 2. The zero-order valence-corrected chi connectivity index (χ0v) is 12.6. The average molecular weight is 363 g/mol. The molecule has 1 unspecified atom stereocenters. The molecule has 1 heterocycles. The predicted molar refractivity (Wildman–Crippen MR) is 73.2 cm³/mol. The summed E-state index contributed by atoms with van der Waals surface area (Å²) in [5.74, 6) is 0.0219. The Balaban J connectivity index is 2.20. The van der Waals surface area contributed by atoms with E-state index in [1.165, 1.54) is 0 Å². The highest BCUT2D eigenvalue weighted by atomic mass is 79.9. The van der Waals surface area contributed by atoms with Crippen LogP contribution in [0.3, 0.4) is 0 Å². The lowest BCUT2D eigenvalue weighted by molar-refractivity contribution is 0.0710. The number of rotatable bonds is 2. The van der Waals surface area contributed by atoms with Gasteiger partial charge in [-0.3, -0.25) is 4.79 Å². The van der Waals surface area contributed by atoms with Crippen LogP contribution in [0.5, 0.6) is 0 Å². The minimum atomic E-state index is 0.0219. The third kappa shape index (κ3) is 2.89. The van der Waals surface area contributed by atoms with Crippen molar-refractivity contribution < 1.29 is 9.53 Å². The van der Waals surface area contributed by atoms with Crippen molar-refractivity contribution in [1.82, 2.24) is 4.90 Å². The minimum absolute atomic E-state index is 0.0219. The molecule has 2 rings (SSSR count). The fourth-order valence-electron chi connectivity index (χ4n) is 1.84. The monoisotopic (exact) mass is 361 g/mol. The average Bonchev–Trinajstić information content (AvgIpc) is 2.84. The van der Waals surface area contributed by atoms with Crippen molar-refractivity contribution in [2.45, 2.75) is 12.5 Å². The molecule has 0 aromatic heterocycles. The molecule has 0 radical (unpaired) electrons. The van der Waals surface area contributed by atoms with Crippen molar-refractivity contribution in [1.29, 1.82) is 0 Å². The molecule has 1 aromatic carbocycles. The van der Waals surface area contributed by atoms with Crippen molar-refractivity contribution in [2.75, 3.05) is 20.3 Å². The van der Waals surface area contributed by atoms with E-state index in [1.54, 1.807) is 4.90 Å². The lowest BCUT2D eigenvalue weighted by Crippen LogP contribution is -2.37. The molecule has 1 aliphatic rings. The fourth-order valence-corrected chi connectivity index (χ4v) is 2.62. The van der Waals surface area contributed by atoms with Crippen molar-refractivity contribution in [2.24, 2.45) is 0 Å². The number of ether oxygens (including phenoxy) is 1. The third-order valence-corrected chi connectivity index (χ3v) is 4.12. The van der Waals surface area contributed by atoms with E-state index in [9.17, 15) is 4.79 Å². The molecular weight excluding hydrogens is 350 g/mol. The summed E-state index contributed by atoms with van der Waals surface area (Å²) in [6.07, 6.45) is 0.911. The Bertz CT molecular complexity index is 431. The molecule has 0 bridgehead atoms. The van der Waals surface area contributed by atoms with Gasteiger partial charge >= 0.3 is 0 Å². The number of hydrogen-bond donors (Lipinski definition) is 0. The van der Waals surface area contributed by atoms with E-state index < -0.39 is 0 Å². The van der Waals surface area contributed by atoms with Crippen LogP contribution in [0.25, 0.3) is 0 Å². The van der Waals surface area contributed by atoms with Crippen molar-refractivity contribution >= 4 is 37.8 Å². The molecular formula is C12H13Br2NO2. The third-order valence-electron chi connectivity index (χ3n) is 2.93. The van der Waals surface area contributed by atoms with Gasteiger partial charge in [0.1, 0.15) is 0 Å². The predicted octanol–water partition coefficient (Wildman–Crippen LogP) is 3.07. The Morgan fingerprint density at radius 2 is 2.24 bits per heavy atom. The molecule has 1 saturated heterocycles.